The maximum Gasteiger partial charge on any atom is 0.318 e. The lowest BCUT2D eigenvalue weighted by atomic mass is 10.1. The summed E-state index contributed by atoms with van der Waals surface area (Å²) in [6.07, 6.45) is 1.36. The number of thioether (sulfide) groups is 1. The quantitative estimate of drug-likeness (QED) is 0.197. The average molecular weight is 569 g/mol. The van der Waals surface area contributed by atoms with Gasteiger partial charge in [-0.1, -0.05) is 35.9 Å². The molecule has 14 heteroatoms. The average Bonchev–Trinajstić information content (AvgIpc) is 3.14. The van der Waals surface area contributed by atoms with Gasteiger partial charge in [-0.3, -0.25) is 39.5 Å². The van der Waals surface area contributed by atoms with Gasteiger partial charge in [0, 0.05) is 22.3 Å². The molecule has 0 atom stereocenters. The number of rotatable bonds is 8. The molecule has 4 rings (SSSR count). The second kappa shape index (κ2) is 11.3. The number of amides is 3. The molecule has 0 unspecified atom stereocenters. The summed E-state index contributed by atoms with van der Waals surface area (Å²) in [6.45, 7) is 1.28. The van der Waals surface area contributed by atoms with Crippen LogP contribution >= 0.6 is 23.4 Å². The number of hydrogen-bond acceptors (Lipinski definition) is 9. The zero-order valence-corrected chi connectivity index (χ0v) is 21.5. The highest BCUT2D eigenvalue weighted by molar-refractivity contribution is 8.18. The minimum atomic E-state index is -0.814. The number of nitrogens with one attached hydrogen (secondary N) is 1. The van der Waals surface area contributed by atoms with Gasteiger partial charge >= 0.3 is 5.69 Å². The van der Waals surface area contributed by atoms with E-state index in [1.807, 2.05) is 0 Å². The van der Waals surface area contributed by atoms with Gasteiger partial charge in [-0.2, -0.15) is 0 Å². The molecule has 0 bridgehead atoms. The summed E-state index contributed by atoms with van der Waals surface area (Å²) in [4.78, 5) is 59.6. The van der Waals surface area contributed by atoms with Gasteiger partial charge in [0.1, 0.15) is 12.3 Å². The fraction of sp³-hybridized carbons (Fsp3) is 0.0800. The SMILES string of the molecule is Cc1ccc(NC(=O)CN2C(=O)S/C(=C/c3ccccc3Oc3ccc([N+](=O)[O-])cc3[N+](=O)[O-])C2=O)cc1Cl. The Bertz CT molecular complexity index is 1580. The third-order valence-corrected chi connectivity index (χ3v) is 6.72. The molecule has 1 aliphatic heterocycles. The van der Waals surface area contributed by atoms with Crippen molar-refractivity contribution in [1.29, 1.82) is 0 Å². The molecule has 1 saturated heterocycles. The minimum Gasteiger partial charge on any atom is -0.449 e. The molecule has 0 saturated carbocycles. The lowest BCUT2D eigenvalue weighted by Crippen LogP contribution is -2.36. The number of para-hydroxylation sites is 1. The van der Waals surface area contributed by atoms with E-state index in [9.17, 15) is 34.6 Å². The van der Waals surface area contributed by atoms with Crippen molar-refractivity contribution in [3.8, 4) is 11.5 Å². The normalized spacial score (nSPS) is 14.0. The van der Waals surface area contributed by atoms with E-state index < -0.39 is 44.8 Å². The van der Waals surface area contributed by atoms with Crippen molar-refractivity contribution in [3.05, 3.63) is 102 Å². The van der Waals surface area contributed by atoms with Gasteiger partial charge < -0.3 is 10.1 Å². The summed E-state index contributed by atoms with van der Waals surface area (Å²) in [7, 11) is 0. The maximum absolute atomic E-state index is 12.9. The number of nitro groups is 2. The number of nitrogens with zero attached hydrogens (tertiary/aromatic N) is 3. The zero-order chi connectivity index (χ0) is 28.3. The number of hydrogen-bond donors (Lipinski definition) is 1. The Kier molecular flexibility index (Phi) is 7.93. The van der Waals surface area contributed by atoms with E-state index in [0.717, 1.165) is 28.7 Å². The van der Waals surface area contributed by atoms with E-state index in [2.05, 4.69) is 5.32 Å². The number of halogens is 1. The number of carbonyl (C=O) groups excluding carboxylic acids is 3. The van der Waals surface area contributed by atoms with E-state index in [-0.39, 0.29) is 16.4 Å². The monoisotopic (exact) mass is 568 g/mol. The van der Waals surface area contributed by atoms with Crippen molar-refractivity contribution in [3.63, 3.8) is 0 Å². The molecule has 0 aliphatic carbocycles. The maximum atomic E-state index is 12.9. The summed E-state index contributed by atoms with van der Waals surface area (Å²) >= 11 is 6.68. The predicted octanol–water partition coefficient (Wildman–Crippen LogP) is 5.93. The number of benzene rings is 3. The number of ether oxygens (including phenoxy) is 1. The van der Waals surface area contributed by atoms with Gasteiger partial charge in [0.25, 0.3) is 16.8 Å². The summed E-state index contributed by atoms with van der Waals surface area (Å²) in [5.41, 5.74) is 0.419. The standard InChI is InChI=1S/C25H17ClN4O8S/c1-14-6-7-16(11-18(14)26)27-23(31)13-28-24(32)22(39-25(28)33)10-15-4-2-3-5-20(15)38-21-9-8-17(29(34)35)12-19(21)30(36)37/h2-12H,13H2,1H3,(H,27,31)/b22-10+. The van der Waals surface area contributed by atoms with E-state index in [1.165, 1.54) is 12.1 Å². The lowest BCUT2D eigenvalue weighted by Gasteiger charge is -2.13. The van der Waals surface area contributed by atoms with Crippen molar-refractivity contribution >= 4 is 63.6 Å². The zero-order valence-electron chi connectivity index (χ0n) is 20.0. The molecule has 3 amide bonds. The summed E-state index contributed by atoms with van der Waals surface area (Å²) in [5, 5.41) is 24.8. The van der Waals surface area contributed by atoms with Gasteiger partial charge in [0.15, 0.2) is 0 Å². The summed E-state index contributed by atoms with van der Waals surface area (Å²) < 4.78 is 5.68. The van der Waals surface area contributed by atoms with Gasteiger partial charge in [-0.15, -0.1) is 0 Å². The van der Waals surface area contributed by atoms with Crippen molar-refractivity contribution in [2.24, 2.45) is 0 Å². The Labute approximate surface area is 229 Å². The fourth-order valence-electron chi connectivity index (χ4n) is 3.45. The first-order valence-electron chi connectivity index (χ1n) is 11.0. The van der Waals surface area contributed by atoms with E-state index in [0.29, 0.717) is 28.0 Å². The van der Waals surface area contributed by atoms with Crippen LogP contribution in [-0.2, 0) is 9.59 Å². The van der Waals surface area contributed by atoms with Crippen LogP contribution in [0.2, 0.25) is 5.02 Å². The summed E-state index contributed by atoms with van der Waals surface area (Å²) in [5.74, 6) is -1.48. The van der Waals surface area contributed by atoms with Crippen LogP contribution < -0.4 is 10.1 Å². The van der Waals surface area contributed by atoms with E-state index >= 15 is 0 Å². The Morgan fingerprint density at radius 3 is 2.49 bits per heavy atom. The van der Waals surface area contributed by atoms with Crippen LogP contribution in [0.1, 0.15) is 11.1 Å². The molecule has 0 aromatic heterocycles. The fourth-order valence-corrected chi connectivity index (χ4v) is 4.46. The molecule has 1 heterocycles. The second-order valence-corrected chi connectivity index (χ2v) is 9.49. The van der Waals surface area contributed by atoms with Gasteiger partial charge in [-0.25, -0.2) is 0 Å². The third kappa shape index (κ3) is 6.22. The number of aryl methyl sites for hydroxylation is 1. The first kappa shape index (κ1) is 27.3. The topological polar surface area (TPSA) is 162 Å². The number of anilines is 1. The smallest absolute Gasteiger partial charge is 0.318 e. The number of imide groups is 1. The molecule has 3 aromatic carbocycles. The number of non-ortho nitro benzene ring substituents is 1. The van der Waals surface area contributed by atoms with Crippen LogP contribution in [-0.4, -0.2) is 38.3 Å². The largest absolute Gasteiger partial charge is 0.449 e. The molecule has 0 spiro atoms. The van der Waals surface area contributed by atoms with Crippen LogP contribution in [0.15, 0.2) is 65.6 Å². The second-order valence-electron chi connectivity index (χ2n) is 8.09. The van der Waals surface area contributed by atoms with Gasteiger partial charge in [0.2, 0.25) is 11.7 Å². The highest BCUT2D eigenvalue weighted by atomic mass is 35.5. The van der Waals surface area contributed by atoms with Crippen LogP contribution in [0, 0.1) is 27.2 Å². The molecular formula is C25H17ClN4O8S. The molecule has 3 aromatic rings. The number of carbonyl (C=O) groups is 3. The van der Waals surface area contributed by atoms with Gasteiger partial charge in [0.05, 0.1) is 20.8 Å². The van der Waals surface area contributed by atoms with Crippen LogP contribution in [0.25, 0.3) is 6.08 Å². The Morgan fingerprint density at radius 1 is 1.05 bits per heavy atom. The first-order valence-corrected chi connectivity index (χ1v) is 12.2. The van der Waals surface area contributed by atoms with Gasteiger partial charge in [-0.05, 0) is 54.6 Å². The van der Waals surface area contributed by atoms with Crippen molar-refractivity contribution in [2.75, 3.05) is 11.9 Å². The Hall–Kier alpha value is -4.75. The predicted molar refractivity (Wildman–Crippen MR) is 144 cm³/mol. The number of nitro benzene ring substituents is 2. The lowest BCUT2D eigenvalue weighted by molar-refractivity contribution is -0.394. The van der Waals surface area contributed by atoms with E-state index in [4.69, 9.17) is 16.3 Å². The van der Waals surface area contributed by atoms with E-state index in [1.54, 1.807) is 43.3 Å². The van der Waals surface area contributed by atoms with Crippen molar-refractivity contribution < 1.29 is 29.0 Å². The Balaban J connectivity index is 1.54. The molecule has 1 fully saturated rings. The molecule has 1 aliphatic rings. The highest BCUT2D eigenvalue weighted by Gasteiger charge is 2.36. The molecule has 198 valence electrons. The minimum absolute atomic E-state index is 0.000398. The highest BCUT2D eigenvalue weighted by Crippen LogP contribution is 2.38. The molecule has 12 nitrogen and oxygen atoms in total. The van der Waals surface area contributed by atoms with Crippen molar-refractivity contribution in [2.45, 2.75) is 6.92 Å². The van der Waals surface area contributed by atoms with Crippen LogP contribution in [0.4, 0.5) is 21.9 Å². The molecule has 1 N–H and O–H groups in total. The molecular weight excluding hydrogens is 552 g/mol. The molecule has 0 radical (unpaired) electrons. The third-order valence-electron chi connectivity index (χ3n) is 5.41. The Morgan fingerprint density at radius 2 is 1.79 bits per heavy atom. The van der Waals surface area contributed by atoms with Crippen LogP contribution in [0.5, 0.6) is 11.5 Å². The molecule has 39 heavy (non-hydrogen) atoms. The first-order chi connectivity index (χ1) is 18.5. The van der Waals surface area contributed by atoms with Crippen molar-refractivity contribution in [1.82, 2.24) is 4.90 Å². The summed E-state index contributed by atoms with van der Waals surface area (Å²) in [6, 6.07) is 14.1. The van der Waals surface area contributed by atoms with Crippen LogP contribution in [0.3, 0.4) is 0 Å².